The average molecular weight is 297 g/mol. The zero-order valence-corrected chi connectivity index (χ0v) is 13.5. The summed E-state index contributed by atoms with van der Waals surface area (Å²) in [4.78, 5) is 11.0. The van der Waals surface area contributed by atoms with Gasteiger partial charge in [-0.05, 0) is 50.9 Å². The zero-order valence-electron chi connectivity index (χ0n) is 13.5. The highest BCUT2D eigenvalue weighted by atomic mass is 16.5. The second kappa shape index (κ2) is 6.44. The van der Waals surface area contributed by atoms with Gasteiger partial charge in [-0.1, -0.05) is 24.3 Å². The maximum absolute atomic E-state index is 5.38. The van der Waals surface area contributed by atoms with Crippen molar-refractivity contribution in [2.45, 2.75) is 32.7 Å². The molecule has 0 N–H and O–H groups in total. The van der Waals surface area contributed by atoms with Crippen LogP contribution in [0.1, 0.15) is 37.1 Å². The predicted molar refractivity (Wildman–Crippen MR) is 88.0 cm³/mol. The molecular formula is C18H23N3O. The van der Waals surface area contributed by atoms with Crippen LogP contribution in [-0.4, -0.2) is 35.1 Å². The van der Waals surface area contributed by atoms with Gasteiger partial charge in [0.15, 0.2) is 0 Å². The Morgan fingerprint density at radius 3 is 2.41 bits per heavy atom. The smallest absolute Gasteiger partial charge is 0.224 e. The van der Waals surface area contributed by atoms with Crippen molar-refractivity contribution in [3.8, 4) is 17.0 Å². The number of aryl methyl sites for hydroxylation is 1. The fraction of sp³-hybridized carbons (Fsp3) is 0.444. The molecule has 1 unspecified atom stereocenters. The molecule has 1 saturated heterocycles. The van der Waals surface area contributed by atoms with Crippen LogP contribution in [0.3, 0.4) is 0 Å². The summed E-state index contributed by atoms with van der Waals surface area (Å²) in [6.45, 7) is 6.70. The first kappa shape index (κ1) is 15.0. The summed E-state index contributed by atoms with van der Waals surface area (Å²) < 4.78 is 5.38. The highest BCUT2D eigenvalue weighted by molar-refractivity contribution is 5.70. The minimum atomic E-state index is 0.478. The van der Waals surface area contributed by atoms with Crippen molar-refractivity contribution in [2.24, 2.45) is 0 Å². The zero-order chi connectivity index (χ0) is 15.5. The van der Waals surface area contributed by atoms with Gasteiger partial charge in [-0.15, -0.1) is 0 Å². The molecule has 1 aliphatic rings. The highest BCUT2D eigenvalue weighted by Crippen LogP contribution is 2.32. The molecular weight excluding hydrogens is 274 g/mol. The van der Waals surface area contributed by atoms with Crippen LogP contribution in [0, 0.1) is 6.92 Å². The topological polar surface area (TPSA) is 38.3 Å². The number of rotatable bonds is 4. The lowest BCUT2D eigenvalue weighted by atomic mass is 10.0. The van der Waals surface area contributed by atoms with Crippen LogP contribution in [0.25, 0.3) is 11.1 Å². The molecule has 1 aromatic carbocycles. The molecule has 0 aliphatic carbocycles. The third kappa shape index (κ3) is 2.83. The standard InChI is InChI=1S/C18H23N3O/c1-13-17(18(22-3)20-12-19-13)16-8-6-15(7-9-16)14(2)21-10-4-5-11-21/h6-9,12,14H,4-5,10-11H2,1-3H3. The van der Waals surface area contributed by atoms with E-state index in [9.17, 15) is 0 Å². The second-order valence-corrected chi connectivity index (χ2v) is 5.88. The summed E-state index contributed by atoms with van der Waals surface area (Å²) in [5, 5.41) is 0. The maximum atomic E-state index is 5.38. The van der Waals surface area contributed by atoms with Crippen molar-refractivity contribution in [1.29, 1.82) is 0 Å². The van der Waals surface area contributed by atoms with Gasteiger partial charge in [-0.25, -0.2) is 9.97 Å². The van der Waals surface area contributed by atoms with Crippen molar-refractivity contribution in [3.05, 3.63) is 41.9 Å². The highest BCUT2D eigenvalue weighted by Gasteiger charge is 2.19. The number of likely N-dealkylation sites (tertiary alicyclic amines) is 1. The number of hydrogen-bond donors (Lipinski definition) is 0. The summed E-state index contributed by atoms with van der Waals surface area (Å²) in [7, 11) is 1.65. The predicted octanol–water partition coefficient (Wildman–Crippen LogP) is 3.62. The van der Waals surface area contributed by atoms with Crippen molar-refractivity contribution in [1.82, 2.24) is 14.9 Å². The van der Waals surface area contributed by atoms with Gasteiger partial charge in [0.1, 0.15) is 6.33 Å². The number of ether oxygens (including phenoxy) is 1. The van der Waals surface area contributed by atoms with Gasteiger partial charge in [0, 0.05) is 6.04 Å². The van der Waals surface area contributed by atoms with E-state index in [1.807, 2.05) is 6.92 Å². The fourth-order valence-electron chi connectivity index (χ4n) is 3.21. The SMILES string of the molecule is COc1ncnc(C)c1-c1ccc(C(C)N2CCCC2)cc1. The second-order valence-electron chi connectivity index (χ2n) is 5.88. The van der Waals surface area contributed by atoms with E-state index >= 15 is 0 Å². The normalized spacial score (nSPS) is 16.7. The Morgan fingerprint density at radius 2 is 1.77 bits per heavy atom. The summed E-state index contributed by atoms with van der Waals surface area (Å²) in [5.41, 5.74) is 4.38. The molecule has 22 heavy (non-hydrogen) atoms. The van der Waals surface area contributed by atoms with E-state index in [1.54, 1.807) is 13.4 Å². The van der Waals surface area contributed by atoms with Gasteiger partial charge in [-0.2, -0.15) is 0 Å². The van der Waals surface area contributed by atoms with Crippen molar-refractivity contribution >= 4 is 0 Å². The summed E-state index contributed by atoms with van der Waals surface area (Å²) >= 11 is 0. The number of benzene rings is 1. The van der Waals surface area contributed by atoms with Crippen LogP contribution in [0.4, 0.5) is 0 Å². The third-order valence-electron chi connectivity index (χ3n) is 4.57. The van der Waals surface area contributed by atoms with E-state index in [0.29, 0.717) is 11.9 Å². The Hall–Kier alpha value is -1.94. The molecule has 2 aromatic rings. The van der Waals surface area contributed by atoms with Gasteiger partial charge in [-0.3, -0.25) is 4.90 Å². The lowest BCUT2D eigenvalue weighted by molar-refractivity contribution is 0.263. The summed E-state index contributed by atoms with van der Waals surface area (Å²) in [6.07, 6.45) is 4.18. The fourth-order valence-corrected chi connectivity index (χ4v) is 3.21. The van der Waals surface area contributed by atoms with Crippen molar-refractivity contribution < 1.29 is 4.74 Å². The first-order chi connectivity index (χ1) is 10.7. The maximum Gasteiger partial charge on any atom is 0.224 e. The quantitative estimate of drug-likeness (QED) is 0.864. The summed E-state index contributed by atoms with van der Waals surface area (Å²) in [6, 6.07) is 9.20. The first-order valence-corrected chi connectivity index (χ1v) is 7.90. The van der Waals surface area contributed by atoms with Crippen LogP contribution in [0.5, 0.6) is 5.88 Å². The number of hydrogen-bond acceptors (Lipinski definition) is 4. The monoisotopic (exact) mass is 297 g/mol. The Bertz CT molecular complexity index is 633. The van der Waals surface area contributed by atoms with E-state index in [-0.39, 0.29) is 0 Å². The van der Waals surface area contributed by atoms with Gasteiger partial charge in [0.25, 0.3) is 0 Å². The molecule has 3 rings (SSSR count). The molecule has 0 bridgehead atoms. The number of nitrogens with zero attached hydrogens (tertiary/aromatic N) is 3. The van der Waals surface area contributed by atoms with Crippen molar-refractivity contribution in [3.63, 3.8) is 0 Å². The molecule has 2 heterocycles. The van der Waals surface area contributed by atoms with Crippen LogP contribution in [0.2, 0.25) is 0 Å². The number of aromatic nitrogens is 2. The molecule has 4 heteroatoms. The Labute approximate surface area is 132 Å². The Kier molecular flexibility index (Phi) is 4.39. The lowest BCUT2D eigenvalue weighted by Gasteiger charge is -2.24. The Balaban J connectivity index is 1.88. The molecule has 1 aliphatic heterocycles. The van der Waals surface area contributed by atoms with Gasteiger partial charge < -0.3 is 4.74 Å². The third-order valence-corrected chi connectivity index (χ3v) is 4.57. The first-order valence-electron chi connectivity index (χ1n) is 7.90. The minimum absolute atomic E-state index is 0.478. The molecule has 0 radical (unpaired) electrons. The molecule has 4 nitrogen and oxygen atoms in total. The largest absolute Gasteiger partial charge is 0.480 e. The van der Waals surface area contributed by atoms with Gasteiger partial charge >= 0.3 is 0 Å². The van der Waals surface area contributed by atoms with Gasteiger partial charge in [0.05, 0.1) is 18.4 Å². The van der Waals surface area contributed by atoms with E-state index in [2.05, 4.69) is 46.1 Å². The molecule has 1 aromatic heterocycles. The molecule has 116 valence electrons. The Morgan fingerprint density at radius 1 is 1.09 bits per heavy atom. The van der Waals surface area contributed by atoms with E-state index < -0.39 is 0 Å². The van der Waals surface area contributed by atoms with Crippen LogP contribution < -0.4 is 4.74 Å². The van der Waals surface area contributed by atoms with Crippen LogP contribution >= 0.6 is 0 Å². The molecule has 0 spiro atoms. The van der Waals surface area contributed by atoms with Gasteiger partial charge in [0.2, 0.25) is 5.88 Å². The van der Waals surface area contributed by atoms with Crippen LogP contribution in [0.15, 0.2) is 30.6 Å². The molecule has 0 amide bonds. The van der Waals surface area contributed by atoms with E-state index in [0.717, 1.165) is 16.8 Å². The van der Waals surface area contributed by atoms with E-state index in [1.165, 1.54) is 31.5 Å². The lowest BCUT2D eigenvalue weighted by Crippen LogP contribution is -2.23. The molecule has 1 fully saturated rings. The minimum Gasteiger partial charge on any atom is -0.480 e. The average Bonchev–Trinajstić information content (AvgIpc) is 3.08. The van der Waals surface area contributed by atoms with Crippen molar-refractivity contribution in [2.75, 3.05) is 20.2 Å². The molecule has 0 saturated carbocycles. The van der Waals surface area contributed by atoms with Crippen LogP contribution in [-0.2, 0) is 0 Å². The van der Waals surface area contributed by atoms with E-state index in [4.69, 9.17) is 4.74 Å². The molecule has 1 atom stereocenters. The summed E-state index contributed by atoms with van der Waals surface area (Å²) in [5.74, 6) is 0.632. The number of methoxy groups -OCH3 is 1.